The van der Waals surface area contributed by atoms with Crippen molar-refractivity contribution >= 4 is 23.2 Å². The molecule has 1 aliphatic carbocycles. The number of hydrogen-bond acceptors (Lipinski definition) is 6. The molecule has 1 aromatic heterocycles. The lowest BCUT2D eigenvalue weighted by Gasteiger charge is -2.33. The summed E-state index contributed by atoms with van der Waals surface area (Å²) < 4.78 is 15.2. The van der Waals surface area contributed by atoms with Gasteiger partial charge in [0.15, 0.2) is 0 Å². The lowest BCUT2D eigenvalue weighted by Crippen LogP contribution is -2.42. The van der Waals surface area contributed by atoms with Gasteiger partial charge in [0, 0.05) is 54.8 Å². The summed E-state index contributed by atoms with van der Waals surface area (Å²) in [6.07, 6.45) is 5.75. The van der Waals surface area contributed by atoms with Gasteiger partial charge in [-0.15, -0.1) is 4.31 Å². The van der Waals surface area contributed by atoms with Crippen LogP contribution in [0.2, 0.25) is 0 Å². The van der Waals surface area contributed by atoms with Gasteiger partial charge in [-0.05, 0) is 81.0 Å². The van der Waals surface area contributed by atoms with Gasteiger partial charge in [-0.2, -0.15) is 0 Å². The fourth-order valence-corrected chi connectivity index (χ4v) is 7.65. The van der Waals surface area contributed by atoms with Gasteiger partial charge >= 0.3 is 0 Å². The number of fused-ring (bicyclic) bond motifs is 1. The van der Waals surface area contributed by atoms with Gasteiger partial charge < -0.3 is 19.9 Å². The molecule has 1 saturated carbocycles. The first-order valence-electron chi connectivity index (χ1n) is 15.5. The number of aliphatic hydroxyl groups excluding tert-OH is 1. The van der Waals surface area contributed by atoms with Gasteiger partial charge in [-0.25, -0.2) is 4.98 Å². The Balaban J connectivity index is 1.61. The summed E-state index contributed by atoms with van der Waals surface area (Å²) in [6.45, 7) is 6.17. The Bertz CT molecular complexity index is 1510. The van der Waals surface area contributed by atoms with E-state index in [4.69, 9.17) is 4.98 Å². The summed E-state index contributed by atoms with van der Waals surface area (Å²) in [6, 6.07) is 17.2. The molecule has 2 aromatic carbocycles. The summed E-state index contributed by atoms with van der Waals surface area (Å²) >= 11 is -1.35. The molecule has 0 radical (unpaired) electrons. The largest absolute Gasteiger partial charge is 0.597 e. The fourth-order valence-electron chi connectivity index (χ4n) is 6.25. The highest BCUT2D eigenvalue weighted by Crippen LogP contribution is 2.45. The van der Waals surface area contributed by atoms with Crippen LogP contribution in [0.15, 0.2) is 54.6 Å². The third-order valence-electron chi connectivity index (χ3n) is 8.45. The van der Waals surface area contributed by atoms with Gasteiger partial charge in [0.2, 0.25) is 0 Å². The summed E-state index contributed by atoms with van der Waals surface area (Å²) in [5.41, 5.74) is 6.04. The van der Waals surface area contributed by atoms with Crippen molar-refractivity contribution in [1.82, 2.24) is 19.5 Å². The van der Waals surface area contributed by atoms with Crippen LogP contribution in [0.4, 0.5) is 0 Å². The van der Waals surface area contributed by atoms with Crippen molar-refractivity contribution < 1.29 is 19.2 Å². The maximum absolute atomic E-state index is 13.7. The van der Waals surface area contributed by atoms with E-state index >= 15 is 0 Å². The Morgan fingerprint density at radius 2 is 1.68 bits per heavy atom. The topological polar surface area (TPSA) is 109 Å². The predicted molar refractivity (Wildman–Crippen MR) is 175 cm³/mol. The van der Waals surface area contributed by atoms with Crippen LogP contribution in [0.25, 0.3) is 22.4 Å². The van der Waals surface area contributed by atoms with Crippen molar-refractivity contribution in [2.24, 2.45) is 0 Å². The number of aliphatic hydroxyl groups is 1. The maximum atomic E-state index is 13.7. The van der Waals surface area contributed by atoms with Crippen molar-refractivity contribution in [2.75, 3.05) is 20.7 Å². The molecule has 5 rings (SSSR count). The molecule has 1 aliphatic heterocycles. The Kier molecular flexibility index (Phi) is 9.80. The zero-order valence-electron chi connectivity index (χ0n) is 26.4. The second-order valence-electron chi connectivity index (χ2n) is 13.1. The van der Waals surface area contributed by atoms with Crippen LogP contribution in [0.3, 0.4) is 0 Å². The molecule has 2 atom stereocenters. The van der Waals surface area contributed by atoms with E-state index in [1.165, 1.54) is 6.42 Å². The number of carbonyl (C=O) groups excluding carboxylic acids is 2. The van der Waals surface area contributed by atoms with Crippen LogP contribution in [-0.2, 0) is 17.9 Å². The zero-order chi connectivity index (χ0) is 31.6. The molecule has 234 valence electrons. The van der Waals surface area contributed by atoms with Crippen molar-refractivity contribution in [3.8, 4) is 22.4 Å². The molecule has 0 spiro atoms. The van der Waals surface area contributed by atoms with Gasteiger partial charge in [-0.1, -0.05) is 49.6 Å². The minimum absolute atomic E-state index is 0.0713. The molecule has 1 unspecified atom stereocenters. The standard InChI is InChI=1S/C35H44N4O4S/c1-35(2,3)44(43)39-22-27-21-29(33(41)36-28-15-7-6-8-16-28)37-32(31(27)30(39)17-18-40)25-13-9-11-23(19-25)24-12-10-14-26(20-24)34(42)38(4)5/h9-14,19-21,28,30,40H,6-8,15-18,22H2,1-5H3,(H,36,41)/t30-,44?/m0/s1. The van der Waals surface area contributed by atoms with Crippen molar-refractivity contribution in [2.45, 2.75) is 82.7 Å². The van der Waals surface area contributed by atoms with Crippen LogP contribution in [0.1, 0.15) is 97.3 Å². The molecule has 0 saturated heterocycles. The third-order valence-corrected chi connectivity index (χ3v) is 10.3. The minimum atomic E-state index is -1.35. The molecule has 2 heterocycles. The summed E-state index contributed by atoms with van der Waals surface area (Å²) in [5, 5.41) is 13.3. The molecule has 0 bridgehead atoms. The molecular formula is C35H44N4O4S. The van der Waals surface area contributed by atoms with E-state index in [0.29, 0.717) is 29.9 Å². The first-order chi connectivity index (χ1) is 21.0. The zero-order valence-corrected chi connectivity index (χ0v) is 27.2. The van der Waals surface area contributed by atoms with E-state index in [0.717, 1.165) is 53.5 Å². The van der Waals surface area contributed by atoms with E-state index in [2.05, 4.69) is 5.32 Å². The molecule has 2 N–H and O–H groups in total. The fraction of sp³-hybridized carbons (Fsp3) is 0.457. The van der Waals surface area contributed by atoms with Gasteiger partial charge in [0.05, 0.1) is 18.3 Å². The second kappa shape index (κ2) is 13.4. The Morgan fingerprint density at radius 1 is 1.02 bits per heavy atom. The first-order valence-corrected chi connectivity index (χ1v) is 16.6. The number of hydrogen-bond donors (Lipinski definition) is 2. The monoisotopic (exact) mass is 616 g/mol. The van der Waals surface area contributed by atoms with Crippen LogP contribution in [-0.4, -0.2) is 67.2 Å². The first kappa shape index (κ1) is 32.2. The summed E-state index contributed by atoms with van der Waals surface area (Å²) in [5.74, 6) is -0.265. The van der Waals surface area contributed by atoms with E-state index in [1.54, 1.807) is 19.0 Å². The van der Waals surface area contributed by atoms with Crippen molar-refractivity contribution in [1.29, 1.82) is 0 Å². The molecule has 8 nitrogen and oxygen atoms in total. The SMILES string of the molecule is CN(C)C(=O)c1cccc(-c2cccc(-c3nc(C(=O)NC4CCCCC4)cc4c3[C@H](CCO)N([S+]([O-])C(C)(C)C)C4)c2)c1. The average molecular weight is 617 g/mol. The molecule has 2 aliphatic rings. The van der Waals surface area contributed by atoms with E-state index in [-0.39, 0.29) is 30.5 Å². The quantitative estimate of drug-likeness (QED) is 0.306. The Morgan fingerprint density at radius 3 is 2.34 bits per heavy atom. The number of nitrogens with zero attached hydrogens (tertiary/aromatic N) is 3. The third kappa shape index (κ3) is 6.86. The molecule has 1 fully saturated rings. The highest BCUT2D eigenvalue weighted by Gasteiger charge is 2.45. The average Bonchev–Trinajstić information content (AvgIpc) is 3.38. The van der Waals surface area contributed by atoms with Gasteiger partial charge in [0.1, 0.15) is 10.4 Å². The smallest absolute Gasteiger partial charge is 0.270 e. The number of aromatic nitrogens is 1. The normalized spacial score (nSPS) is 18.1. The second-order valence-corrected chi connectivity index (χ2v) is 15.3. The predicted octanol–water partition coefficient (Wildman–Crippen LogP) is 5.88. The van der Waals surface area contributed by atoms with Gasteiger partial charge in [0.25, 0.3) is 11.8 Å². The number of pyridine rings is 1. The van der Waals surface area contributed by atoms with Crippen molar-refractivity contribution in [3.63, 3.8) is 0 Å². The number of rotatable bonds is 8. The van der Waals surface area contributed by atoms with Crippen LogP contribution in [0.5, 0.6) is 0 Å². The number of amides is 2. The highest BCUT2D eigenvalue weighted by atomic mass is 32.2. The van der Waals surface area contributed by atoms with E-state index in [1.807, 2.05) is 79.7 Å². The van der Waals surface area contributed by atoms with E-state index in [9.17, 15) is 19.2 Å². The maximum Gasteiger partial charge on any atom is 0.270 e. The Hall–Kier alpha value is -3.24. The number of benzene rings is 2. The highest BCUT2D eigenvalue weighted by molar-refractivity contribution is 7.90. The molecule has 44 heavy (non-hydrogen) atoms. The van der Waals surface area contributed by atoms with Gasteiger partial charge in [-0.3, -0.25) is 9.59 Å². The number of nitrogens with one attached hydrogen (secondary N) is 1. The van der Waals surface area contributed by atoms with Crippen LogP contribution >= 0.6 is 0 Å². The molecule has 2 amide bonds. The van der Waals surface area contributed by atoms with Crippen molar-refractivity contribution in [3.05, 3.63) is 77.0 Å². The number of carbonyl (C=O) groups is 2. The minimum Gasteiger partial charge on any atom is -0.597 e. The lowest BCUT2D eigenvalue weighted by molar-refractivity contribution is 0.0827. The van der Waals surface area contributed by atoms with Crippen LogP contribution in [0, 0.1) is 0 Å². The van der Waals surface area contributed by atoms with Crippen LogP contribution < -0.4 is 5.32 Å². The molecule has 9 heteroatoms. The van der Waals surface area contributed by atoms with E-state index < -0.39 is 16.1 Å². The lowest BCUT2D eigenvalue weighted by atomic mass is 9.93. The summed E-state index contributed by atoms with van der Waals surface area (Å²) in [7, 11) is 3.47. The summed E-state index contributed by atoms with van der Waals surface area (Å²) in [4.78, 5) is 32.8. The molecular weight excluding hydrogens is 572 g/mol. The molecule has 3 aromatic rings. The Labute approximate surface area is 264 Å².